The van der Waals surface area contributed by atoms with Gasteiger partial charge >= 0.3 is 0 Å². The number of fused-ring (bicyclic) bond motifs is 1. The van der Waals surface area contributed by atoms with Crippen molar-refractivity contribution in [3.8, 4) is 5.75 Å². The van der Waals surface area contributed by atoms with Gasteiger partial charge in [0, 0.05) is 6.42 Å². The lowest BCUT2D eigenvalue weighted by atomic mass is 10.1. The largest absolute Gasteiger partial charge is 0.488 e. The summed E-state index contributed by atoms with van der Waals surface area (Å²) in [5, 5.41) is 3.63. The predicted octanol–water partition coefficient (Wildman–Crippen LogP) is 3.16. The fourth-order valence-corrected chi connectivity index (χ4v) is 2.50. The fraction of sp³-hybridized carbons (Fsp3) is 0.333. The summed E-state index contributed by atoms with van der Waals surface area (Å²) in [4.78, 5) is 8.68. The van der Waals surface area contributed by atoms with Crippen molar-refractivity contribution in [3.63, 3.8) is 0 Å². The second-order valence-electron chi connectivity index (χ2n) is 4.97. The van der Waals surface area contributed by atoms with E-state index in [1.807, 2.05) is 32.0 Å². The summed E-state index contributed by atoms with van der Waals surface area (Å²) in [5.41, 5.74) is 2.98. The van der Waals surface area contributed by atoms with Crippen LogP contribution < -0.4 is 10.1 Å². The number of benzene rings is 1. The summed E-state index contributed by atoms with van der Waals surface area (Å²) in [6, 6.07) is 8.11. The molecule has 1 aromatic heterocycles. The van der Waals surface area contributed by atoms with E-state index in [1.54, 1.807) is 0 Å². The maximum absolute atomic E-state index is 6.10. The van der Waals surface area contributed by atoms with Crippen molar-refractivity contribution < 1.29 is 4.74 Å². The highest BCUT2D eigenvalue weighted by Crippen LogP contribution is 2.28. The Morgan fingerprint density at radius 1 is 1.25 bits per heavy atom. The van der Waals surface area contributed by atoms with Gasteiger partial charge in [-0.15, -0.1) is 0 Å². The quantitative estimate of drug-likeness (QED) is 0.943. The molecule has 0 radical (unpaired) electrons. The van der Waals surface area contributed by atoms with Crippen LogP contribution in [0.15, 0.2) is 24.3 Å². The molecule has 104 valence electrons. The Morgan fingerprint density at radius 2 is 2.00 bits per heavy atom. The van der Waals surface area contributed by atoms with Gasteiger partial charge in [0.15, 0.2) is 11.0 Å². The Balaban J connectivity index is 1.66. The molecule has 2 heterocycles. The summed E-state index contributed by atoms with van der Waals surface area (Å²) < 4.78 is 5.87. The molecule has 0 spiro atoms. The summed E-state index contributed by atoms with van der Waals surface area (Å²) in [6.45, 7) is 4.48. The lowest BCUT2D eigenvalue weighted by molar-refractivity contribution is 0.246. The second kappa shape index (κ2) is 5.29. The van der Waals surface area contributed by atoms with Crippen molar-refractivity contribution in [3.05, 3.63) is 46.4 Å². The van der Waals surface area contributed by atoms with E-state index in [4.69, 9.17) is 16.3 Å². The van der Waals surface area contributed by atoms with Crippen molar-refractivity contribution in [2.75, 3.05) is 11.9 Å². The molecule has 0 amide bonds. The average Bonchev–Trinajstić information content (AvgIpc) is 2.84. The van der Waals surface area contributed by atoms with Gasteiger partial charge in [0.25, 0.3) is 0 Å². The zero-order chi connectivity index (χ0) is 14.1. The zero-order valence-corrected chi connectivity index (χ0v) is 12.2. The molecule has 0 saturated heterocycles. The molecule has 0 fully saturated rings. The number of anilines is 1. The SMILES string of the molecule is Cc1nc(Cl)c(NCC2Cc3ccccc3O2)nc1C. The highest BCUT2D eigenvalue weighted by atomic mass is 35.5. The van der Waals surface area contributed by atoms with E-state index in [2.05, 4.69) is 21.4 Å². The minimum Gasteiger partial charge on any atom is -0.488 e. The number of hydrogen-bond donors (Lipinski definition) is 1. The Hall–Kier alpha value is -1.81. The van der Waals surface area contributed by atoms with Crippen LogP contribution in [0.2, 0.25) is 5.15 Å². The molecule has 20 heavy (non-hydrogen) atoms. The number of halogens is 1. The fourth-order valence-electron chi connectivity index (χ4n) is 2.27. The standard InChI is InChI=1S/C15H16ClN3O/c1-9-10(2)19-15(14(16)18-9)17-8-12-7-11-5-3-4-6-13(11)20-12/h3-6,12H,7-8H2,1-2H3,(H,17,19). The first-order valence-electron chi connectivity index (χ1n) is 6.62. The molecule has 3 rings (SSSR count). The monoisotopic (exact) mass is 289 g/mol. The van der Waals surface area contributed by atoms with E-state index in [0.717, 1.165) is 23.6 Å². The lowest BCUT2D eigenvalue weighted by Gasteiger charge is -2.13. The Kier molecular flexibility index (Phi) is 3.49. The number of hydrogen-bond acceptors (Lipinski definition) is 4. The third-order valence-corrected chi connectivity index (χ3v) is 3.74. The third-order valence-electron chi connectivity index (χ3n) is 3.48. The summed E-state index contributed by atoms with van der Waals surface area (Å²) >= 11 is 6.10. The first-order chi connectivity index (χ1) is 9.63. The Labute approximate surface area is 123 Å². The summed E-state index contributed by atoms with van der Waals surface area (Å²) in [7, 11) is 0. The molecular weight excluding hydrogens is 274 g/mol. The van der Waals surface area contributed by atoms with Gasteiger partial charge in [0.2, 0.25) is 0 Å². The van der Waals surface area contributed by atoms with Crippen LogP contribution in [0.3, 0.4) is 0 Å². The van der Waals surface area contributed by atoms with Gasteiger partial charge < -0.3 is 10.1 Å². The molecule has 0 aliphatic carbocycles. The first-order valence-corrected chi connectivity index (χ1v) is 7.00. The summed E-state index contributed by atoms with van der Waals surface area (Å²) in [5.74, 6) is 1.59. The molecule has 1 unspecified atom stereocenters. The molecule has 1 aliphatic rings. The molecule has 1 aromatic carbocycles. The van der Waals surface area contributed by atoms with Gasteiger partial charge in [-0.2, -0.15) is 0 Å². The van der Waals surface area contributed by atoms with Crippen LogP contribution >= 0.6 is 11.6 Å². The smallest absolute Gasteiger partial charge is 0.171 e. The van der Waals surface area contributed by atoms with E-state index in [9.17, 15) is 0 Å². The second-order valence-corrected chi connectivity index (χ2v) is 5.32. The molecule has 0 saturated carbocycles. The van der Waals surface area contributed by atoms with Crippen molar-refractivity contribution in [2.45, 2.75) is 26.4 Å². The number of rotatable bonds is 3. The van der Waals surface area contributed by atoms with E-state index in [0.29, 0.717) is 17.5 Å². The molecule has 2 aromatic rings. The van der Waals surface area contributed by atoms with Crippen molar-refractivity contribution >= 4 is 17.4 Å². The van der Waals surface area contributed by atoms with E-state index in [-0.39, 0.29) is 6.10 Å². The summed E-state index contributed by atoms with van der Waals surface area (Å²) in [6.07, 6.45) is 1.01. The predicted molar refractivity (Wildman–Crippen MR) is 79.6 cm³/mol. The molecule has 1 atom stereocenters. The van der Waals surface area contributed by atoms with Gasteiger partial charge in [-0.3, -0.25) is 0 Å². The molecule has 1 N–H and O–H groups in total. The third kappa shape index (κ3) is 2.56. The number of para-hydroxylation sites is 1. The van der Waals surface area contributed by atoms with Crippen LogP contribution in [0.4, 0.5) is 5.82 Å². The van der Waals surface area contributed by atoms with Crippen LogP contribution in [0.25, 0.3) is 0 Å². The number of nitrogens with zero attached hydrogens (tertiary/aromatic N) is 2. The Bertz CT molecular complexity index is 620. The number of nitrogens with one attached hydrogen (secondary N) is 1. The first kappa shape index (κ1) is 13.2. The maximum atomic E-state index is 6.10. The van der Waals surface area contributed by atoms with Crippen LogP contribution in [0.5, 0.6) is 5.75 Å². The topological polar surface area (TPSA) is 47.0 Å². The van der Waals surface area contributed by atoms with Crippen LogP contribution in [-0.2, 0) is 6.42 Å². The molecule has 0 bridgehead atoms. The molecule has 1 aliphatic heterocycles. The average molecular weight is 290 g/mol. The maximum Gasteiger partial charge on any atom is 0.171 e. The lowest BCUT2D eigenvalue weighted by Crippen LogP contribution is -2.24. The highest BCUT2D eigenvalue weighted by Gasteiger charge is 2.22. The number of aromatic nitrogens is 2. The van der Waals surface area contributed by atoms with Gasteiger partial charge in [-0.25, -0.2) is 9.97 Å². The van der Waals surface area contributed by atoms with Crippen LogP contribution in [0, 0.1) is 13.8 Å². The number of ether oxygens (including phenoxy) is 1. The molecule has 4 nitrogen and oxygen atoms in total. The normalized spacial score (nSPS) is 16.6. The van der Waals surface area contributed by atoms with Gasteiger partial charge in [-0.1, -0.05) is 29.8 Å². The minimum atomic E-state index is 0.104. The van der Waals surface area contributed by atoms with E-state index < -0.39 is 0 Å². The van der Waals surface area contributed by atoms with Gasteiger partial charge in [0.05, 0.1) is 17.9 Å². The van der Waals surface area contributed by atoms with Gasteiger partial charge in [-0.05, 0) is 25.5 Å². The van der Waals surface area contributed by atoms with E-state index in [1.165, 1.54) is 5.56 Å². The van der Waals surface area contributed by atoms with E-state index >= 15 is 0 Å². The molecule has 5 heteroatoms. The van der Waals surface area contributed by atoms with Crippen molar-refractivity contribution in [2.24, 2.45) is 0 Å². The number of aryl methyl sites for hydroxylation is 2. The van der Waals surface area contributed by atoms with Crippen LogP contribution in [-0.4, -0.2) is 22.6 Å². The minimum absolute atomic E-state index is 0.104. The zero-order valence-electron chi connectivity index (χ0n) is 11.5. The van der Waals surface area contributed by atoms with Gasteiger partial charge in [0.1, 0.15) is 11.9 Å². The highest BCUT2D eigenvalue weighted by molar-refractivity contribution is 6.31. The van der Waals surface area contributed by atoms with Crippen LogP contribution in [0.1, 0.15) is 17.0 Å². The van der Waals surface area contributed by atoms with Crippen molar-refractivity contribution in [1.82, 2.24) is 9.97 Å². The van der Waals surface area contributed by atoms with Crippen molar-refractivity contribution in [1.29, 1.82) is 0 Å². The molecular formula is C15H16ClN3O. The Morgan fingerprint density at radius 3 is 2.80 bits per heavy atom.